The zero-order chi connectivity index (χ0) is 14.5. The summed E-state index contributed by atoms with van der Waals surface area (Å²) in [6.45, 7) is 6.08. The number of carbonyl (C=O) groups excluding carboxylic acids is 1. The lowest BCUT2D eigenvalue weighted by atomic mass is 10.1. The third-order valence-corrected chi connectivity index (χ3v) is 4.30. The molecule has 0 N–H and O–H groups in total. The normalized spacial score (nSPS) is 16.9. The van der Waals surface area contributed by atoms with Crippen LogP contribution in [0, 0.1) is 0 Å². The number of amides is 1. The van der Waals surface area contributed by atoms with Gasteiger partial charge in [0.1, 0.15) is 4.88 Å². The maximum atomic E-state index is 12.5. The minimum Gasteiger partial charge on any atom is -0.377 e. The number of likely N-dealkylation sites (tertiary alicyclic amines) is 1. The van der Waals surface area contributed by atoms with Gasteiger partial charge in [0.05, 0.1) is 18.4 Å². The Morgan fingerprint density at radius 3 is 2.80 bits per heavy atom. The summed E-state index contributed by atoms with van der Waals surface area (Å²) in [6, 6.07) is 0. The molecule has 5 nitrogen and oxygen atoms in total. The summed E-state index contributed by atoms with van der Waals surface area (Å²) in [6.07, 6.45) is 1.96. The van der Waals surface area contributed by atoms with Crippen LogP contribution in [0.15, 0.2) is 0 Å². The number of ether oxygens (including phenoxy) is 1. The van der Waals surface area contributed by atoms with Crippen LogP contribution >= 0.6 is 23.1 Å². The first-order chi connectivity index (χ1) is 9.63. The quantitative estimate of drug-likeness (QED) is 0.783. The van der Waals surface area contributed by atoms with Crippen LogP contribution in [0.25, 0.3) is 0 Å². The Kier molecular flexibility index (Phi) is 5.74. The third-order valence-electron chi connectivity index (χ3n) is 3.41. The lowest BCUT2D eigenvalue weighted by molar-refractivity contribution is 0.0155. The van der Waals surface area contributed by atoms with Gasteiger partial charge in [-0.05, 0) is 30.3 Å². The van der Waals surface area contributed by atoms with Crippen molar-refractivity contribution < 1.29 is 9.53 Å². The molecule has 1 aromatic rings. The molecule has 1 amide bonds. The second-order valence-corrected chi connectivity index (χ2v) is 6.33. The molecular weight excluding hydrogens is 298 g/mol. The second kappa shape index (κ2) is 7.33. The van der Waals surface area contributed by atoms with Gasteiger partial charge in [-0.1, -0.05) is 18.3 Å². The highest BCUT2D eigenvalue weighted by molar-refractivity contribution is 7.08. The Bertz CT molecular complexity index is 445. The molecule has 0 aliphatic carbocycles. The van der Waals surface area contributed by atoms with E-state index >= 15 is 0 Å². The summed E-state index contributed by atoms with van der Waals surface area (Å²) >= 11 is 6.81. The van der Waals surface area contributed by atoms with E-state index < -0.39 is 0 Å². The molecule has 2 rings (SSSR count). The van der Waals surface area contributed by atoms with Crippen LogP contribution in [0.2, 0.25) is 0 Å². The molecule has 1 saturated heterocycles. The minimum atomic E-state index is 0.0551. The molecule has 1 aliphatic rings. The van der Waals surface area contributed by atoms with Crippen LogP contribution in [0.1, 0.15) is 48.0 Å². The second-order valence-electron chi connectivity index (χ2n) is 5.19. The topological polar surface area (TPSA) is 55.3 Å². The van der Waals surface area contributed by atoms with E-state index in [0.717, 1.165) is 31.6 Å². The van der Waals surface area contributed by atoms with E-state index in [4.69, 9.17) is 16.3 Å². The predicted octanol–water partition coefficient (Wildman–Crippen LogP) is 2.52. The van der Waals surface area contributed by atoms with Gasteiger partial charge in [0.25, 0.3) is 5.91 Å². The van der Waals surface area contributed by atoms with E-state index in [1.807, 2.05) is 18.7 Å². The molecule has 0 bridgehead atoms. The molecule has 2 heterocycles. The Morgan fingerprint density at radius 2 is 2.20 bits per heavy atom. The van der Waals surface area contributed by atoms with Crippen LogP contribution in [0.4, 0.5) is 0 Å². The van der Waals surface area contributed by atoms with E-state index in [0.29, 0.717) is 17.4 Å². The standard InChI is InChI=1S/C13H20ClN3O2S/c1-9(2)11-12(20-16-15-11)13(18)17-6-3-10(4-7-17)19-8-5-14/h9-10H,3-8H2,1-2H3. The van der Waals surface area contributed by atoms with E-state index in [2.05, 4.69) is 9.59 Å². The fraction of sp³-hybridized carbons (Fsp3) is 0.769. The summed E-state index contributed by atoms with van der Waals surface area (Å²) in [5, 5.41) is 4.07. The number of aromatic nitrogens is 2. The van der Waals surface area contributed by atoms with Crippen molar-refractivity contribution in [1.82, 2.24) is 14.5 Å². The number of halogens is 1. The summed E-state index contributed by atoms with van der Waals surface area (Å²) in [4.78, 5) is 15.1. The van der Waals surface area contributed by atoms with E-state index in [-0.39, 0.29) is 17.9 Å². The fourth-order valence-corrected chi connectivity index (χ4v) is 3.18. The number of nitrogens with zero attached hydrogens (tertiary/aromatic N) is 3. The van der Waals surface area contributed by atoms with E-state index in [9.17, 15) is 4.79 Å². The van der Waals surface area contributed by atoms with Crippen LogP contribution in [-0.4, -0.2) is 52.1 Å². The van der Waals surface area contributed by atoms with Gasteiger partial charge in [-0.15, -0.1) is 16.7 Å². The largest absolute Gasteiger partial charge is 0.377 e. The lowest BCUT2D eigenvalue weighted by Crippen LogP contribution is -2.41. The highest BCUT2D eigenvalue weighted by Crippen LogP contribution is 2.23. The van der Waals surface area contributed by atoms with Crippen LogP contribution < -0.4 is 0 Å². The van der Waals surface area contributed by atoms with Gasteiger partial charge in [0, 0.05) is 19.0 Å². The third kappa shape index (κ3) is 3.68. The zero-order valence-electron chi connectivity index (χ0n) is 11.8. The molecule has 1 fully saturated rings. The number of rotatable bonds is 5. The molecule has 7 heteroatoms. The van der Waals surface area contributed by atoms with Crippen LogP contribution in [0.3, 0.4) is 0 Å². The number of alkyl halides is 1. The molecule has 0 aromatic carbocycles. The van der Waals surface area contributed by atoms with Crippen molar-refractivity contribution >= 4 is 29.0 Å². The molecule has 0 saturated carbocycles. The molecular formula is C13H20ClN3O2S. The lowest BCUT2D eigenvalue weighted by Gasteiger charge is -2.31. The summed E-state index contributed by atoms with van der Waals surface area (Å²) in [5.74, 6) is 0.792. The maximum Gasteiger partial charge on any atom is 0.267 e. The Labute approximate surface area is 128 Å². The highest BCUT2D eigenvalue weighted by atomic mass is 35.5. The average Bonchev–Trinajstić information content (AvgIpc) is 2.94. The van der Waals surface area contributed by atoms with Crippen molar-refractivity contribution in [2.45, 2.75) is 38.7 Å². The zero-order valence-corrected chi connectivity index (χ0v) is 13.4. The van der Waals surface area contributed by atoms with Crippen molar-refractivity contribution in [2.75, 3.05) is 25.6 Å². The van der Waals surface area contributed by atoms with Gasteiger partial charge in [-0.2, -0.15) is 0 Å². The molecule has 1 aliphatic heterocycles. The monoisotopic (exact) mass is 317 g/mol. The van der Waals surface area contributed by atoms with E-state index in [1.165, 1.54) is 11.5 Å². The van der Waals surface area contributed by atoms with E-state index in [1.54, 1.807) is 0 Å². The van der Waals surface area contributed by atoms with Crippen LogP contribution in [0.5, 0.6) is 0 Å². The van der Waals surface area contributed by atoms with Crippen molar-refractivity contribution in [3.05, 3.63) is 10.6 Å². The van der Waals surface area contributed by atoms with Gasteiger partial charge in [0.2, 0.25) is 0 Å². The predicted molar refractivity (Wildman–Crippen MR) is 79.6 cm³/mol. The van der Waals surface area contributed by atoms with Gasteiger partial charge < -0.3 is 9.64 Å². The van der Waals surface area contributed by atoms with Crippen LogP contribution in [-0.2, 0) is 4.74 Å². The molecule has 0 spiro atoms. The highest BCUT2D eigenvalue weighted by Gasteiger charge is 2.27. The number of carbonyl (C=O) groups is 1. The number of piperidine rings is 1. The maximum absolute atomic E-state index is 12.5. The van der Waals surface area contributed by atoms with Gasteiger partial charge in [-0.25, -0.2) is 0 Å². The van der Waals surface area contributed by atoms with Crippen molar-refractivity contribution in [3.8, 4) is 0 Å². The smallest absolute Gasteiger partial charge is 0.267 e. The molecule has 0 radical (unpaired) electrons. The number of hydrogen-bond donors (Lipinski definition) is 0. The molecule has 20 heavy (non-hydrogen) atoms. The summed E-state index contributed by atoms with van der Waals surface area (Å²) < 4.78 is 9.54. The number of hydrogen-bond acceptors (Lipinski definition) is 5. The Balaban J connectivity index is 1.93. The van der Waals surface area contributed by atoms with Gasteiger partial charge in [-0.3, -0.25) is 4.79 Å². The Hall–Kier alpha value is -0.720. The fourth-order valence-electron chi connectivity index (χ4n) is 2.30. The molecule has 1 aromatic heterocycles. The Morgan fingerprint density at radius 1 is 1.50 bits per heavy atom. The first kappa shape index (κ1) is 15.7. The first-order valence-corrected chi connectivity index (χ1v) is 8.23. The van der Waals surface area contributed by atoms with Crippen molar-refractivity contribution in [2.24, 2.45) is 0 Å². The van der Waals surface area contributed by atoms with Crippen molar-refractivity contribution in [1.29, 1.82) is 0 Å². The summed E-state index contributed by atoms with van der Waals surface area (Å²) in [7, 11) is 0. The van der Waals surface area contributed by atoms with Gasteiger partial charge in [0.15, 0.2) is 0 Å². The summed E-state index contributed by atoms with van der Waals surface area (Å²) in [5.41, 5.74) is 0.806. The van der Waals surface area contributed by atoms with Gasteiger partial charge >= 0.3 is 0 Å². The molecule has 0 atom stereocenters. The molecule has 0 unspecified atom stereocenters. The minimum absolute atomic E-state index is 0.0551. The average molecular weight is 318 g/mol. The van der Waals surface area contributed by atoms with Crippen molar-refractivity contribution in [3.63, 3.8) is 0 Å². The SMILES string of the molecule is CC(C)c1nnsc1C(=O)N1CCC(OCCCl)CC1. The first-order valence-electron chi connectivity index (χ1n) is 6.92. The molecule has 112 valence electrons.